The number of nitrogens with one attached hydrogen (secondary N) is 1. The number of aliphatic hydroxyl groups excluding tert-OH is 1. The highest BCUT2D eigenvalue weighted by Crippen LogP contribution is 2.52. The van der Waals surface area contributed by atoms with Crippen LogP contribution in [-0.2, 0) is 15.9 Å². The quantitative estimate of drug-likeness (QED) is 0.0893. The number of carbonyl (C=O) groups is 3. The van der Waals surface area contributed by atoms with E-state index in [4.69, 9.17) is 19.9 Å². The van der Waals surface area contributed by atoms with Gasteiger partial charge in [0.2, 0.25) is 5.78 Å². The van der Waals surface area contributed by atoms with E-state index in [1.54, 1.807) is 6.92 Å². The van der Waals surface area contributed by atoms with E-state index in [-0.39, 0.29) is 57.9 Å². The van der Waals surface area contributed by atoms with Gasteiger partial charge in [-0.25, -0.2) is 5.43 Å². The maximum Gasteiger partial charge on any atom is 0.271 e. The average Bonchev–Trinajstić information content (AvgIpc) is 3.06. The minimum atomic E-state index is -1.93. The zero-order valence-corrected chi connectivity index (χ0v) is 26.3. The Bertz CT molecular complexity index is 1850. The van der Waals surface area contributed by atoms with Gasteiger partial charge >= 0.3 is 0 Å². The molecule has 0 saturated carbocycles. The van der Waals surface area contributed by atoms with E-state index in [0.717, 1.165) is 0 Å². The van der Waals surface area contributed by atoms with Gasteiger partial charge in [-0.05, 0) is 44.2 Å². The molecule has 8 N–H and O–H groups in total. The van der Waals surface area contributed by atoms with Gasteiger partial charge in [0.1, 0.15) is 28.6 Å². The van der Waals surface area contributed by atoms with Crippen LogP contribution in [0.4, 0.5) is 0 Å². The molecule has 0 aromatic heterocycles. The molecule has 1 aliphatic heterocycles. The number of amides is 1. The van der Waals surface area contributed by atoms with Crippen LogP contribution in [0.15, 0.2) is 47.6 Å². The number of benzene rings is 3. The third-order valence-electron chi connectivity index (χ3n) is 9.27. The van der Waals surface area contributed by atoms with Crippen LogP contribution < -0.4 is 15.9 Å². The minimum absolute atomic E-state index is 0.00646. The molecule has 0 bridgehead atoms. The summed E-state index contributed by atoms with van der Waals surface area (Å²) in [7, 11) is 1.33. The van der Waals surface area contributed by atoms with Crippen molar-refractivity contribution in [2.75, 3.05) is 7.11 Å². The van der Waals surface area contributed by atoms with Crippen molar-refractivity contribution in [2.24, 2.45) is 10.8 Å². The van der Waals surface area contributed by atoms with Gasteiger partial charge in [-0.15, -0.1) is 0 Å². The molecule has 1 amide bonds. The van der Waals surface area contributed by atoms with E-state index < -0.39 is 82.8 Å². The first-order valence-electron chi connectivity index (χ1n) is 15.2. The molecule has 14 heteroatoms. The molecule has 6 atom stereocenters. The predicted octanol–water partition coefficient (Wildman–Crippen LogP) is 1.95. The molecule has 6 rings (SSSR count). The van der Waals surface area contributed by atoms with Crippen LogP contribution in [0.5, 0.6) is 23.0 Å². The number of phenolic OH excluding ortho intramolecular Hbond substituents is 3. The Balaban J connectivity index is 1.44. The van der Waals surface area contributed by atoms with Crippen LogP contribution in [0.2, 0.25) is 0 Å². The number of aromatic hydroxyl groups is 3. The number of rotatable bonds is 6. The number of fused-ring (bicyclic) bond motifs is 3. The van der Waals surface area contributed by atoms with E-state index in [0.29, 0.717) is 0 Å². The number of ketones is 2. The summed E-state index contributed by atoms with van der Waals surface area (Å²) in [6.07, 6.45) is -4.68. The molecule has 1 saturated heterocycles. The summed E-state index contributed by atoms with van der Waals surface area (Å²) >= 11 is 0. The lowest BCUT2D eigenvalue weighted by atomic mass is 9.71. The monoisotopic (exact) mass is 661 g/mol. The lowest BCUT2D eigenvalue weighted by molar-refractivity contribution is -0.245. The number of hydrazone groups is 1. The van der Waals surface area contributed by atoms with Crippen LogP contribution in [-0.4, -0.2) is 86.0 Å². The maximum absolute atomic E-state index is 13.9. The van der Waals surface area contributed by atoms with E-state index in [1.165, 1.54) is 56.5 Å². The summed E-state index contributed by atoms with van der Waals surface area (Å²) in [6.45, 7) is 3.05. The fourth-order valence-electron chi connectivity index (χ4n) is 6.58. The normalized spacial score (nSPS) is 26.7. The van der Waals surface area contributed by atoms with Gasteiger partial charge < -0.3 is 45.5 Å². The van der Waals surface area contributed by atoms with Crippen molar-refractivity contribution >= 4 is 23.2 Å². The van der Waals surface area contributed by atoms with Gasteiger partial charge in [0.05, 0.1) is 47.8 Å². The fraction of sp³-hybridized carbons (Fsp3) is 0.353. The van der Waals surface area contributed by atoms with Crippen LogP contribution >= 0.6 is 0 Å². The summed E-state index contributed by atoms with van der Waals surface area (Å²) in [4.78, 5) is 40.4. The molecule has 252 valence electrons. The molecule has 3 aromatic rings. The SMILES string of the molecule is COc1cccc2c1C(=O)c1c(O)c3c(c(O)c1C2=O)C[C@@](O)(/C(C)=N/NC(=O)c1ccc(O)cc1)C[C@@H]3OC1CC(N)C(O)C(C)O1. The first-order valence-corrected chi connectivity index (χ1v) is 15.2. The zero-order valence-electron chi connectivity index (χ0n) is 26.3. The Hall–Kier alpha value is -4.86. The molecule has 0 radical (unpaired) electrons. The van der Waals surface area contributed by atoms with Crippen LogP contribution in [0, 0.1) is 0 Å². The average molecular weight is 662 g/mol. The van der Waals surface area contributed by atoms with Crippen LogP contribution in [0.1, 0.15) is 86.1 Å². The summed E-state index contributed by atoms with van der Waals surface area (Å²) in [5.41, 5.74) is 5.61. The summed E-state index contributed by atoms with van der Waals surface area (Å²) < 4.78 is 17.4. The number of phenols is 3. The van der Waals surface area contributed by atoms with Crippen molar-refractivity contribution in [2.45, 2.75) is 69.4 Å². The first kappa shape index (κ1) is 33.1. The van der Waals surface area contributed by atoms with Gasteiger partial charge in [-0.2, -0.15) is 5.10 Å². The molecule has 14 nitrogen and oxygen atoms in total. The molecule has 1 fully saturated rings. The van der Waals surface area contributed by atoms with Crippen molar-refractivity contribution in [1.82, 2.24) is 5.43 Å². The highest BCUT2D eigenvalue weighted by atomic mass is 16.7. The lowest BCUT2D eigenvalue weighted by Crippen LogP contribution is -2.52. The summed E-state index contributed by atoms with van der Waals surface area (Å²) in [6, 6.07) is 9.12. The lowest BCUT2D eigenvalue weighted by Gasteiger charge is -2.42. The largest absolute Gasteiger partial charge is 0.508 e. The molecule has 3 aliphatic rings. The number of hydrogen-bond acceptors (Lipinski definition) is 13. The molecular formula is C34H35N3O11. The second kappa shape index (κ2) is 12.3. The molecule has 3 aromatic carbocycles. The number of carbonyl (C=O) groups excluding carboxylic acids is 3. The highest BCUT2D eigenvalue weighted by Gasteiger charge is 2.49. The smallest absolute Gasteiger partial charge is 0.271 e. The van der Waals surface area contributed by atoms with Gasteiger partial charge in [0.25, 0.3) is 5.91 Å². The third-order valence-corrected chi connectivity index (χ3v) is 9.27. The predicted molar refractivity (Wildman–Crippen MR) is 168 cm³/mol. The molecule has 2 aliphatic carbocycles. The number of aliphatic hydroxyl groups is 2. The number of hydrogen-bond donors (Lipinski definition) is 7. The van der Waals surface area contributed by atoms with Crippen molar-refractivity contribution in [3.8, 4) is 23.0 Å². The van der Waals surface area contributed by atoms with Gasteiger partial charge in [0, 0.05) is 47.6 Å². The summed E-state index contributed by atoms with van der Waals surface area (Å²) in [5, 5.41) is 59.5. The van der Waals surface area contributed by atoms with E-state index in [1.807, 2.05) is 0 Å². The first-order chi connectivity index (χ1) is 22.7. The van der Waals surface area contributed by atoms with Crippen molar-refractivity contribution < 1.29 is 54.1 Å². The molecule has 4 unspecified atom stereocenters. The number of ether oxygens (including phenoxy) is 3. The van der Waals surface area contributed by atoms with Crippen molar-refractivity contribution in [3.63, 3.8) is 0 Å². The zero-order chi connectivity index (χ0) is 34.7. The fourth-order valence-corrected chi connectivity index (χ4v) is 6.58. The molecular weight excluding hydrogens is 626 g/mol. The maximum atomic E-state index is 13.9. The van der Waals surface area contributed by atoms with E-state index >= 15 is 0 Å². The Kier molecular flexibility index (Phi) is 8.47. The van der Waals surface area contributed by atoms with E-state index in [9.17, 15) is 39.9 Å². The Morgan fingerprint density at radius 1 is 1.04 bits per heavy atom. The van der Waals surface area contributed by atoms with Crippen LogP contribution in [0.25, 0.3) is 0 Å². The highest BCUT2D eigenvalue weighted by molar-refractivity contribution is 6.31. The van der Waals surface area contributed by atoms with Crippen LogP contribution in [0.3, 0.4) is 0 Å². The van der Waals surface area contributed by atoms with Crippen molar-refractivity contribution in [3.05, 3.63) is 81.4 Å². The second-order valence-electron chi connectivity index (χ2n) is 12.3. The summed E-state index contributed by atoms with van der Waals surface area (Å²) in [5.74, 6) is -3.32. The Labute approximate surface area is 274 Å². The van der Waals surface area contributed by atoms with Gasteiger partial charge in [-0.3, -0.25) is 14.4 Å². The van der Waals surface area contributed by atoms with Gasteiger partial charge in [-0.1, -0.05) is 12.1 Å². The third kappa shape index (κ3) is 5.46. The number of nitrogens with two attached hydrogens (primary N) is 1. The number of methoxy groups -OCH3 is 1. The minimum Gasteiger partial charge on any atom is -0.508 e. The molecule has 0 spiro atoms. The topological polar surface area (TPSA) is 230 Å². The molecule has 48 heavy (non-hydrogen) atoms. The standard InChI is InChI=1S/C34H35N3O11/c1-14-28(39)20(35)11-23(47-14)48-22-13-34(45,15(2)36-37-33(44)16-7-9-17(38)10-8-16)12-19-25(22)32(43)27-26(30(19)41)29(40)18-5-4-6-21(46-3)24(18)31(27)42/h4-10,14,20,22-23,28,38-39,41,43,45H,11-13,35H2,1-3H3,(H,37,44)/b36-15+/t14?,20?,22-,23?,28?,34-/m0/s1. The van der Waals surface area contributed by atoms with E-state index in [2.05, 4.69) is 10.5 Å². The molecule has 1 heterocycles. The van der Waals surface area contributed by atoms with Gasteiger partial charge in [0.15, 0.2) is 12.1 Å². The Morgan fingerprint density at radius 3 is 2.40 bits per heavy atom. The Morgan fingerprint density at radius 2 is 1.73 bits per heavy atom. The second-order valence-corrected chi connectivity index (χ2v) is 12.3. The van der Waals surface area contributed by atoms with Crippen molar-refractivity contribution in [1.29, 1.82) is 0 Å². The number of nitrogens with zero attached hydrogens (tertiary/aromatic N) is 1.